The molecule has 0 aromatic heterocycles. The minimum absolute atomic E-state index is 0.0458. The second kappa shape index (κ2) is 9.40. The van der Waals surface area contributed by atoms with Crippen molar-refractivity contribution in [1.29, 1.82) is 0 Å². The van der Waals surface area contributed by atoms with E-state index in [1.807, 2.05) is 71.9 Å². The Morgan fingerprint density at radius 3 is 2.18 bits per heavy atom. The highest BCUT2D eigenvalue weighted by Crippen LogP contribution is 2.25. The Morgan fingerprint density at radius 2 is 1.54 bits per heavy atom. The summed E-state index contributed by atoms with van der Waals surface area (Å²) in [6.45, 7) is 11.6. The number of esters is 1. The summed E-state index contributed by atoms with van der Waals surface area (Å²) in [4.78, 5) is 26.8. The average molecular weight is 383 g/mol. The van der Waals surface area contributed by atoms with Gasteiger partial charge in [-0.3, -0.25) is 4.79 Å². The molecule has 0 aliphatic heterocycles. The molecule has 5 heteroatoms. The van der Waals surface area contributed by atoms with Crippen LogP contribution in [0, 0.1) is 13.8 Å². The number of carbonyl (C=O) groups is 2. The van der Waals surface area contributed by atoms with Crippen LogP contribution in [0.15, 0.2) is 42.5 Å². The van der Waals surface area contributed by atoms with Gasteiger partial charge >= 0.3 is 5.97 Å². The number of amides is 1. The van der Waals surface area contributed by atoms with Crippen LogP contribution >= 0.6 is 0 Å². The molecule has 1 amide bonds. The van der Waals surface area contributed by atoms with Crippen molar-refractivity contribution in [2.24, 2.45) is 0 Å². The third-order valence-corrected chi connectivity index (χ3v) is 4.75. The van der Waals surface area contributed by atoms with E-state index < -0.39 is 5.97 Å². The molecule has 0 unspecified atom stereocenters. The van der Waals surface area contributed by atoms with Crippen LogP contribution in [0.2, 0.25) is 0 Å². The van der Waals surface area contributed by atoms with Crippen LogP contribution in [0.3, 0.4) is 0 Å². The first-order valence-electron chi connectivity index (χ1n) is 9.63. The normalized spacial score (nSPS) is 10.9. The van der Waals surface area contributed by atoms with Gasteiger partial charge in [0, 0.05) is 17.8 Å². The predicted octanol–water partition coefficient (Wildman–Crippen LogP) is 4.85. The molecular formula is C23H30N2O3. The fraction of sp³-hybridized carbons (Fsp3) is 0.391. The van der Waals surface area contributed by atoms with Crippen LogP contribution in [-0.4, -0.2) is 35.5 Å². The first-order chi connectivity index (χ1) is 13.2. The highest BCUT2D eigenvalue weighted by atomic mass is 16.5. The minimum Gasteiger partial charge on any atom is -0.452 e. The lowest BCUT2D eigenvalue weighted by molar-refractivity contribution is -0.138. The number of rotatable bonds is 7. The highest BCUT2D eigenvalue weighted by Gasteiger charge is 2.22. The van der Waals surface area contributed by atoms with E-state index >= 15 is 0 Å². The standard InChI is InChI=1S/C23H30N2O3/c1-15(2)25(16(3)4)22(26)14-28-23(27)19-11-7-8-12-21(19)24-20-13-9-10-17(5)18(20)6/h7-13,15-16,24H,14H2,1-6H3. The third kappa shape index (κ3) is 5.12. The van der Waals surface area contributed by atoms with Gasteiger partial charge in [-0.2, -0.15) is 0 Å². The van der Waals surface area contributed by atoms with Crippen molar-refractivity contribution in [1.82, 2.24) is 4.90 Å². The largest absolute Gasteiger partial charge is 0.452 e. The van der Waals surface area contributed by atoms with Gasteiger partial charge in [0.05, 0.1) is 11.3 Å². The molecule has 2 aromatic carbocycles. The Labute approximate surface area is 167 Å². The number of nitrogens with zero attached hydrogens (tertiary/aromatic N) is 1. The van der Waals surface area contributed by atoms with Gasteiger partial charge < -0.3 is 15.0 Å². The smallest absolute Gasteiger partial charge is 0.340 e. The molecule has 28 heavy (non-hydrogen) atoms. The summed E-state index contributed by atoms with van der Waals surface area (Å²) >= 11 is 0. The van der Waals surface area contributed by atoms with Crippen molar-refractivity contribution in [3.8, 4) is 0 Å². The second-order valence-electron chi connectivity index (χ2n) is 7.48. The van der Waals surface area contributed by atoms with Crippen molar-refractivity contribution in [3.05, 3.63) is 59.2 Å². The molecule has 0 aliphatic rings. The Kier molecular flexibility index (Phi) is 7.21. The van der Waals surface area contributed by atoms with Gasteiger partial charge in [0.15, 0.2) is 6.61 Å². The summed E-state index contributed by atoms with van der Waals surface area (Å²) in [5.74, 6) is -0.715. The van der Waals surface area contributed by atoms with Crippen LogP contribution in [0.5, 0.6) is 0 Å². The van der Waals surface area contributed by atoms with E-state index in [0.29, 0.717) is 11.3 Å². The zero-order chi connectivity index (χ0) is 20.8. The number of para-hydroxylation sites is 1. The maximum Gasteiger partial charge on any atom is 0.340 e. The van der Waals surface area contributed by atoms with Crippen molar-refractivity contribution >= 4 is 23.3 Å². The summed E-state index contributed by atoms with van der Waals surface area (Å²) in [7, 11) is 0. The van der Waals surface area contributed by atoms with Gasteiger partial charge in [0.2, 0.25) is 0 Å². The molecular weight excluding hydrogens is 352 g/mol. The molecule has 0 aliphatic carbocycles. The molecule has 0 fully saturated rings. The molecule has 0 saturated carbocycles. The number of benzene rings is 2. The lowest BCUT2D eigenvalue weighted by atomic mass is 10.1. The zero-order valence-electron chi connectivity index (χ0n) is 17.6. The number of carbonyl (C=O) groups excluding carboxylic acids is 2. The SMILES string of the molecule is Cc1cccc(Nc2ccccc2C(=O)OCC(=O)N(C(C)C)C(C)C)c1C. The number of aryl methyl sites for hydroxylation is 1. The third-order valence-electron chi connectivity index (χ3n) is 4.75. The van der Waals surface area contributed by atoms with Crippen LogP contribution < -0.4 is 5.32 Å². The number of nitrogens with one attached hydrogen (secondary N) is 1. The Balaban J connectivity index is 2.14. The molecule has 0 spiro atoms. The summed E-state index contributed by atoms with van der Waals surface area (Å²) in [5, 5.41) is 3.31. The van der Waals surface area contributed by atoms with E-state index in [2.05, 4.69) is 5.32 Å². The van der Waals surface area contributed by atoms with Crippen LogP contribution in [0.25, 0.3) is 0 Å². The molecule has 150 valence electrons. The van der Waals surface area contributed by atoms with Crippen LogP contribution in [-0.2, 0) is 9.53 Å². The van der Waals surface area contributed by atoms with E-state index in [4.69, 9.17) is 4.74 Å². The molecule has 2 aromatic rings. The second-order valence-corrected chi connectivity index (χ2v) is 7.48. The molecule has 0 atom stereocenters. The predicted molar refractivity (Wildman–Crippen MR) is 113 cm³/mol. The molecule has 0 radical (unpaired) electrons. The lowest BCUT2D eigenvalue weighted by Crippen LogP contribution is -2.44. The van der Waals surface area contributed by atoms with Gasteiger partial charge in [-0.1, -0.05) is 24.3 Å². The van der Waals surface area contributed by atoms with E-state index in [1.54, 1.807) is 17.0 Å². The fourth-order valence-electron chi connectivity index (χ4n) is 3.25. The highest BCUT2D eigenvalue weighted by molar-refractivity contribution is 5.97. The maximum absolute atomic E-state index is 12.6. The Morgan fingerprint density at radius 1 is 0.929 bits per heavy atom. The molecule has 0 heterocycles. The summed E-state index contributed by atoms with van der Waals surface area (Å²) in [6.07, 6.45) is 0. The van der Waals surface area contributed by atoms with Crippen LogP contribution in [0.4, 0.5) is 11.4 Å². The van der Waals surface area contributed by atoms with Crippen LogP contribution in [0.1, 0.15) is 49.2 Å². The first-order valence-corrected chi connectivity index (χ1v) is 9.63. The van der Waals surface area contributed by atoms with Gasteiger partial charge in [-0.15, -0.1) is 0 Å². The Bertz CT molecular complexity index is 835. The van der Waals surface area contributed by atoms with Crippen molar-refractivity contribution in [2.45, 2.75) is 53.6 Å². The average Bonchev–Trinajstić information content (AvgIpc) is 2.63. The van der Waals surface area contributed by atoms with E-state index in [9.17, 15) is 9.59 Å². The zero-order valence-corrected chi connectivity index (χ0v) is 17.6. The maximum atomic E-state index is 12.6. The van der Waals surface area contributed by atoms with Crippen molar-refractivity contribution in [2.75, 3.05) is 11.9 Å². The van der Waals surface area contributed by atoms with Gasteiger partial charge in [-0.25, -0.2) is 4.79 Å². The van der Waals surface area contributed by atoms with Gasteiger partial charge in [0.25, 0.3) is 5.91 Å². The van der Waals surface area contributed by atoms with Gasteiger partial charge in [0.1, 0.15) is 0 Å². The van der Waals surface area contributed by atoms with Gasteiger partial charge in [-0.05, 0) is 70.9 Å². The van der Waals surface area contributed by atoms with E-state index in [1.165, 1.54) is 0 Å². The number of anilines is 2. The molecule has 5 nitrogen and oxygen atoms in total. The topological polar surface area (TPSA) is 58.6 Å². The first kappa shape index (κ1) is 21.5. The Hall–Kier alpha value is -2.82. The number of ether oxygens (including phenoxy) is 1. The van der Waals surface area contributed by atoms with Crippen molar-refractivity contribution < 1.29 is 14.3 Å². The summed E-state index contributed by atoms with van der Waals surface area (Å²) in [5.41, 5.74) is 4.26. The number of hydrogen-bond donors (Lipinski definition) is 1. The van der Waals surface area contributed by atoms with Crippen molar-refractivity contribution in [3.63, 3.8) is 0 Å². The van der Waals surface area contributed by atoms with E-state index in [-0.39, 0.29) is 24.6 Å². The number of hydrogen-bond acceptors (Lipinski definition) is 4. The lowest BCUT2D eigenvalue weighted by Gasteiger charge is -2.30. The summed E-state index contributed by atoms with van der Waals surface area (Å²) < 4.78 is 5.33. The molecule has 2 rings (SSSR count). The summed E-state index contributed by atoms with van der Waals surface area (Å²) in [6, 6.07) is 13.2. The quantitative estimate of drug-likeness (QED) is 0.696. The molecule has 0 bridgehead atoms. The monoisotopic (exact) mass is 382 g/mol. The van der Waals surface area contributed by atoms with E-state index in [0.717, 1.165) is 16.8 Å². The molecule has 0 saturated heterocycles. The molecule has 1 N–H and O–H groups in total. The fourth-order valence-corrected chi connectivity index (χ4v) is 3.25. The minimum atomic E-state index is -0.519.